The van der Waals surface area contributed by atoms with Gasteiger partial charge in [0.25, 0.3) is 0 Å². The maximum absolute atomic E-state index is 13.0. The van der Waals surface area contributed by atoms with E-state index in [4.69, 9.17) is 37.0 Å². The number of phosphoric ester groups is 2. The Kier molecular flexibility index (Phi) is 57.6. The van der Waals surface area contributed by atoms with E-state index in [1.54, 1.807) is 0 Å². The summed E-state index contributed by atoms with van der Waals surface area (Å²) in [5, 5.41) is 10.6. The summed E-state index contributed by atoms with van der Waals surface area (Å²) in [5.41, 5.74) is 0. The number of rotatable bonds is 66. The largest absolute Gasteiger partial charge is 0.472 e. The van der Waals surface area contributed by atoms with Gasteiger partial charge in [-0.1, -0.05) is 287 Å². The van der Waals surface area contributed by atoms with Gasteiger partial charge in [0.1, 0.15) is 19.3 Å². The van der Waals surface area contributed by atoms with Crippen molar-refractivity contribution in [2.45, 2.75) is 356 Å². The third kappa shape index (κ3) is 62.8. The molecule has 0 amide bonds. The average molecular weight is 1300 g/mol. The maximum atomic E-state index is 13.0. The third-order valence-corrected chi connectivity index (χ3v) is 17.7. The molecule has 522 valence electrons. The highest BCUT2D eigenvalue weighted by atomic mass is 31.2. The van der Waals surface area contributed by atoms with Gasteiger partial charge in [0.15, 0.2) is 12.2 Å². The number of unbranched alkanes of at least 4 members (excludes halogenated alkanes) is 32. The minimum absolute atomic E-state index is 0.103. The fraction of sp³-hybridized carbons (Fsp3) is 0.942. The number of carbonyl (C=O) groups is 4. The van der Waals surface area contributed by atoms with Crippen LogP contribution in [0.4, 0.5) is 0 Å². The van der Waals surface area contributed by atoms with Crippen LogP contribution < -0.4 is 0 Å². The molecule has 0 bridgehead atoms. The minimum Gasteiger partial charge on any atom is -0.462 e. The Morgan fingerprint density at radius 1 is 0.284 bits per heavy atom. The Labute approximate surface area is 537 Å². The van der Waals surface area contributed by atoms with Gasteiger partial charge >= 0.3 is 39.5 Å². The first-order valence-electron chi connectivity index (χ1n) is 35.7. The second-order valence-corrected chi connectivity index (χ2v) is 29.7. The van der Waals surface area contributed by atoms with Crippen LogP contribution in [0.3, 0.4) is 0 Å². The second kappa shape index (κ2) is 58.8. The third-order valence-electron chi connectivity index (χ3n) is 15.8. The van der Waals surface area contributed by atoms with E-state index in [1.165, 1.54) is 135 Å². The lowest BCUT2D eigenvalue weighted by Crippen LogP contribution is -2.30. The number of phosphoric acid groups is 2. The van der Waals surface area contributed by atoms with Gasteiger partial charge in [-0.25, -0.2) is 9.13 Å². The first-order valence-corrected chi connectivity index (χ1v) is 38.7. The van der Waals surface area contributed by atoms with E-state index in [2.05, 4.69) is 55.4 Å². The van der Waals surface area contributed by atoms with Gasteiger partial charge in [-0.3, -0.25) is 37.3 Å². The molecule has 0 aromatic rings. The predicted octanol–water partition coefficient (Wildman–Crippen LogP) is 19.3. The molecule has 0 fully saturated rings. The first kappa shape index (κ1) is 86.1. The molecule has 0 aromatic heterocycles. The summed E-state index contributed by atoms with van der Waals surface area (Å²) in [6, 6.07) is 0. The van der Waals surface area contributed by atoms with Crippen molar-refractivity contribution >= 4 is 39.5 Å². The van der Waals surface area contributed by atoms with Gasteiger partial charge in [-0.15, -0.1) is 0 Å². The molecule has 0 radical (unpaired) electrons. The van der Waals surface area contributed by atoms with Gasteiger partial charge in [0, 0.05) is 25.7 Å². The Bertz CT molecular complexity index is 1750. The van der Waals surface area contributed by atoms with Crippen molar-refractivity contribution in [3.63, 3.8) is 0 Å². The molecule has 0 aliphatic carbocycles. The fourth-order valence-corrected chi connectivity index (χ4v) is 11.9. The SMILES string of the molecule is CC(C)CCCCCCCCCCCCCC(=O)OC[C@H](COP(=O)(O)OCC(O)COP(=O)(O)OC[C@@H](COC(=O)CCCCCCCCCC(C)C)OC(=O)CCCCCCCCCCC(C)C)OC(=O)CCCCCCCCCCCCC(C)C. The molecule has 0 rings (SSSR count). The van der Waals surface area contributed by atoms with Gasteiger partial charge in [0.2, 0.25) is 0 Å². The average Bonchev–Trinajstić information content (AvgIpc) is 3.58. The first-order chi connectivity index (χ1) is 42.1. The maximum Gasteiger partial charge on any atom is 0.472 e. The van der Waals surface area contributed by atoms with Crippen molar-refractivity contribution in [2.24, 2.45) is 23.7 Å². The van der Waals surface area contributed by atoms with Crippen LogP contribution >= 0.6 is 15.6 Å². The molecule has 0 aliphatic heterocycles. The zero-order valence-electron chi connectivity index (χ0n) is 57.3. The highest BCUT2D eigenvalue weighted by Crippen LogP contribution is 2.45. The van der Waals surface area contributed by atoms with E-state index in [1.807, 2.05) is 0 Å². The molecule has 0 aromatic carbocycles. The van der Waals surface area contributed by atoms with Crippen LogP contribution in [-0.4, -0.2) is 96.7 Å². The number of hydrogen-bond donors (Lipinski definition) is 3. The summed E-state index contributed by atoms with van der Waals surface area (Å²) >= 11 is 0. The molecule has 0 spiro atoms. The quantitative estimate of drug-likeness (QED) is 0.0222. The zero-order valence-corrected chi connectivity index (χ0v) is 59.1. The molecule has 19 heteroatoms. The van der Waals surface area contributed by atoms with E-state index in [0.717, 1.165) is 114 Å². The smallest absolute Gasteiger partial charge is 0.462 e. The number of aliphatic hydroxyl groups is 1. The Balaban J connectivity index is 5.26. The molecule has 3 unspecified atom stereocenters. The molecule has 0 aliphatic rings. The molecule has 17 nitrogen and oxygen atoms in total. The van der Waals surface area contributed by atoms with Crippen molar-refractivity contribution in [1.82, 2.24) is 0 Å². The van der Waals surface area contributed by atoms with E-state index in [-0.39, 0.29) is 25.7 Å². The van der Waals surface area contributed by atoms with Gasteiger partial charge < -0.3 is 33.8 Å². The summed E-state index contributed by atoms with van der Waals surface area (Å²) < 4.78 is 68.2. The molecule has 3 N–H and O–H groups in total. The predicted molar refractivity (Wildman–Crippen MR) is 354 cm³/mol. The van der Waals surface area contributed by atoms with Crippen LogP contribution in [0.2, 0.25) is 0 Å². The molecule has 5 atom stereocenters. The number of aliphatic hydroxyl groups excluding tert-OH is 1. The van der Waals surface area contributed by atoms with Gasteiger partial charge in [0.05, 0.1) is 26.4 Å². The highest BCUT2D eigenvalue weighted by molar-refractivity contribution is 7.47. The summed E-state index contributed by atoms with van der Waals surface area (Å²) in [4.78, 5) is 72.5. The van der Waals surface area contributed by atoms with Crippen LogP contribution in [0.5, 0.6) is 0 Å². The number of carbonyl (C=O) groups excluding carboxylic acids is 4. The van der Waals surface area contributed by atoms with Gasteiger partial charge in [-0.2, -0.15) is 0 Å². The van der Waals surface area contributed by atoms with Crippen molar-refractivity contribution in [2.75, 3.05) is 39.6 Å². The molecule has 0 saturated carbocycles. The van der Waals surface area contributed by atoms with Crippen LogP contribution in [0.15, 0.2) is 0 Å². The standard InChI is InChI=1S/C69H134O17P2/c1-59(2)45-37-29-21-14-10-9-11-16-25-33-41-49-66(71)79-55-64(85-68(73)51-43-35-26-17-13-12-15-22-30-38-46-60(3)4)57-83-87(75,76)81-53-63(70)54-82-88(77,78)84-58-65(56-80-67(72)50-42-34-28-20-24-32-40-48-62(7)8)86-69(74)52-44-36-27-19-18-23-31-39-47-61(5)6/h59-65,70H,9-58H2,1-8H3,(H,75,76)(H,77,78)/t63?,64-,65-/m1/s1. The van der Waals surface area contributed by atoms with Crippen LogP contribution in [-0.2, 0) is 65.4 Å². The van der Waals surface area contributed by atoms with Crippen molar-refractivity contribution in [3.05, 3.63) is 0 Å². The second-order valence-electron chi connectivity index (χ2n) is 26.8. The lowest BCUT2D eigenvalue weighted by molar-refractivity contribution is -0.161. The molecule has 0 heterocycles. The molecular weight excluding hydrogens is 1160 g/mol. The minimum atomic E-state index is -4.95. The number of esters is 4. The van der Waals surface area contributed by atoms with E-state index in [9.17, 15) is 43.2 Å². The number of ether oxygens (including phenoxy) is 4. The van der Waals surface area contributed by atoms with Crippen LogP contribution in [0.1, 0.15) is 338 Å². The van der Waals surface area contributed by atoms with Crippen molar-refractivity contribution < 1.29 is 80.2 Å². The fourth-order valence-electron chi connectivity index (χ4n) is 10.3. The monoisotopic (exact) mass is 1300 g/mol. The summed E-state index contributed by atoms with van der Waals surface area (Å²) in [6.45, 7) is 14.0. The Morgan fingerprint density at radius 2 is 0.477 bits per heavy atom. The Hall–Kier alpha value is -1.94. The summed E-state index contributed by atoms with van der Waals surface area (Å²) in [7, 11) is -9.90. The molecule has 88 heavy (non-hydrogen) atoms. The van der Waals surface area contributed by atoms with Gasteiger partial charge in [-0.05, 0) is 49.4 Å². The lowest BCUT2D eigenvalue weighted by atomic mass is 10.0. The van der Waals surface area contributed by atoms with Crippen molar-refractivity contribution in [1.29, 1.82) is 0 Å². The lowest BCUT2D eigenvalue weighted by Gasteiger charge is -2.21. The zero-order chi connectivity index (χ0) is 65.4. The van der Waals surface area contributed by atoms with Crippen molar-refractivity contribution in [3.8, 4) is 0 Å². The highest BCUT2D eigenvalue weighted by Gasteiger charge is 2.30. The van der Waals surface area contributed by atoms with E-state index >= 15 is 0 Å². The number of hydrogen-bond acceptors (Lipinski definition) is 15. The van der Waals surface area contributed by atoms with E-state index < -0.39 is 97.5 Å². The normalized spacial score (nSPS) is 14.3. The van der Waals surface area contributed by atoms with E-state index in [0.29, 0.717) is 31.6 Å². The van der Waals surface area contributed by atoms with Crippen LogP contribution in [0, 0.1) is 23.7 Å². The topological polar surface area (TPSA) is 237 Å². The molecular formula is C69H134O17P2. The summed E-state index contributed by atoms with van der Waals surface area (Å²) in [6.07, 6.45) is 40.4. The summed E-state index contributed by atoms with van der Waals surface area (Å²) in [5.74, 6) is 0.814. The Morgan fingerprint density at radius 3 is 0.705 bits per heavy atom. The molecule has 0 saturated heterocycles. The van der Waals surface area contributed by atoms with Crippen LogP contribution in [0.25, 0.3) is 0 Å².